The maximum Gasteiger partial charge on any atom is 0.408 e. The number of rotatable bonds is 3. The SMILES string of the molecule is Cc1ccc(N)nc1C#CCNC(=O)OCc1ccccc1. The normalized spacial score (nSPS) is 9.50. The van der Waals surface area contributed by atoms with Crippen LogP contribution in [-0.4, -0.2) is 17.6 Å². The standard InChI is InChI=1S/C17H17N3O2/c1-13-9-10-16(18)20-15(13)8-5-11-19-17(21)22-12-14-6-3-2-4-7-14/h2-4,6-7,9-10H,11-12H2,1H3,(H2,18,20)(H,19,21). The van der Waals surface area contributed by atoms with Gasteiger partial charge in [-0.15, -0.1) is 0 Å². The van der Waals surface area contributed by atoms with Crippen molar-refractivity contribution in [3.63, 3.8) is 0 Å². The fraction of sp³-hybridized carbons (Fsp3) is 0.176. The Hall–Kier alpha value is -3.00. The van der Waals surface area contributed by atoms with Gasteiger partial charge in [-0.3, -0.25) is 0 Å². The van der Waals surface area contributed by atoms with Crippen LogP contribution in [0.1, 0.15) is 16.8 Å². The first-order valence-corrected chi connectivity index (χ1v) is 6.81. The van der Waals surface area contributed by atoms with E-state index in [4.69, 9.17) is 10.5 Å². The van der Waals surface area contributed by atoms with E-state index in [9.17, 15) is 4.79 Å². The van der Waals surface area contributed by atoms with Crippen molar-refractivity contribution in [3.8, 4) is 11.8 Å². The number of amides is 1. The highest BCUT2D eigenvalue weighted by atomic mass is 16.5. The Balaban J connectivity index is 1.78. The summed E-state index contributed by atoms with van der Waals surface area (Å²) in [5.41, 5.74) is 8.09. The number of nitrogen functional groups attached to an aromatic ring is 1. The summed E-state index contributed by atoms with van der Waals surface area (Å²) in [5.74, 6) is 6.11. The Morgan fingerprint density at radius 1 is 1.27 bits per heavy atom. The van der Waals surface area contributed by atoms with Crippen LogP contribution in [0.15, 0.2) is 42.5 Å². The molecule has 2 aromatic rings. The summed E-state index contributed by atoms with van der Waals surface area (Å²) in [4.78, 5) is 15.6. The largest absolute Gasteiger partial charge is 0.445 e. The number of nitrogens with zero attached hydrogens (tertiary/aromatic N) is 1. The second-order valence-corrected chi connectivity index (χ2v) is 4.62. The maximum absolute atomic E-state index is 11.5. The van der Waals surface area contributed by atoms with E-state index in [0.717, 1.165) is 11.1 Å². The van der Waals surface area contributed by atoms with Crippen molar-refractivity contribution in [2.45, 2.75) is 13.5 Å². The summed E-state index contributed by atoms with van der Waals surface area (Å²) < 4.78 is 5.07. The topological polar surface area (TPSA) is 77.2 Å². The van der Waals surface area contributed by atoms with Crippen LogP contribution in [0.4, 0.5) is 10.6 Å². The van der Waals surface area contributed by atoms with Crippen LogP contribution in [-0.2, 0) is 11.3 Å². The number of benzene rings is 1. The van der Waals surface area contributed by atoms with Crippen molar-refractivity contribution in [1.82, 2.24) is 10.3 Å². The molecule has 5 nitrogen and oxygen atoms in total. The average molecular weight is 295 g/mol. The molecule has 5 heteroatoms. The van der Waals surface area contributed by atoms with Crippen LogP contribution in [0.25, 0.3) is 0 Å². The van der Waals surface area contributed by atoms with Gasteiger partial charge in [0.1, 0.15) is 18.1 Å². The summed E-state index contributed by atoms with van der Waals surface area (Å²) in [7, 11) is 0. The van der Waals surface area contributed by atoms with Gasteiger partial charge in [-0.05, 0) is 30.0 Å². The van der Waals surface area contributed by atoms with Crippen molar-refractivity contribution in [3.05, 3.63) is 59.3 Å². The molecule has 2 rings (SSSR count). The van der Waals surface area contributed by atoms with Crippen LogP contribution in [0.3, 0.4) is 0 Å². The monoisotopic (exact) mass is 295 g/mol. The number of carbonyl (C=O) groups excluding carboxylic acids is 1. The highest BCUT2D eigenvalue weighted by molar-refractivity contribution is 5.67. The first-order chi connectivity index (χ1) is 10.6. The maximum atomic E-state index is 11.5. The van der Waals surface area contributed by atoms with E-state index in [1.807, 2.05) is 43.3 Å². The van der Waals surface area contributed by atoms with Gasteiger partial charge in [-0.1, -0.05) is 42.3 Å². The van der Waals surface area contributed by atoms with Gasteiger partial charge in [0.2, 0.25) is 0 Å². The molecular formula is C17H17N3O2. The fourth-order valence-corrected chi connectivity index (χ4v) is 1.69. The molecule has 0 radical (unpaired) electrons. The smallest absolute Gasteiger partial charge is 0.408 e. The van der Waals surface area contributed by atoms with E-state index in [-0.39, 0.29) is 13.2 Å². The number of nitrogens with one attached hydrogen (secondary N) is 1. The zero-order valence-corrected chi connectivity index (χ0v) is 12.3. The summed E-state index contributed by atoms with van der Waals surface area (Å²) in [5, 5.41) is 2.56. The van der Waals surface area contributed by atoms with Crippen LogP contribution in [0, 0.1) is 18.8 Å². The van der Waals surface area contributed by atoms with Crippen molar-refractivity contribution in [2.24, 2.45) is 0 Å². The van der Waals surface area contributed by atoms with Gasteiger partial charge >= 0.3 is 6.09 Å². The minimum Gasteiger partial charge on any atom is -0.445 e. The van der Waals surface area contributed by atoms with Crippen molar-refractivity contribution in [1.29, 1.82) is 0 Å². The highest BCUT2D eigenvalue weighted by Gasteiger charge is 2.00. The van der Waals surface area contributed by atoms with Gasteiger partial charge in [-0.25, -0.2) is 9.78 Å². The van der Waals surface area contributed by atoms with E-state index in [0.29, 0.717) is 11.5 Å². The third-order valence-corrected chi connectivity index (χ3v) is 2.86. The molecule has 22 heavy (non-hydrogen) atoms. The summed E-state index contributed by atoms with van der Waals surface area (Å²) >= 11 is 0. The summed E-state index contributed by atoms with van der Waals surface area (Å²) in [6, 6.07) is 13.0. The Morgan fingerprint density at radius 2 is 2.05 bits per heavy atom. The summed E-state index contributed by atoms with van der Waals surface area (Å²) in [6.07, 6.45) is -0.504. The van der Waals surface area contributed by atoms with E-state index >= 15 is 0 Å². The molecule has 0 bridgehead atoms. The predicted octanol–water partition coefficient (Wildman–Crippen LogP) is 2.25. The lowest BCUT2D eigenvalue weighted by atomic mass is 10.2. The van der Waals surface area contributed by atoms with Gasteiger partial charge < -0.3 is 15.8 Å². The molecule has 0 saturated heterocycles. The Morgan fingerprint density at radius 3 is 2.82 bits per heavy atom. The Kier molecular flexibility index (Phi) is 5.38. The van der Waals surface area contributed by atoms with Gasteiger partial charge in [0.15, 0.2) is 0 Å². The minimum atomic E-state index is -0.504. The molecule has 1 amide bonds. The second-order valence-electron chi connectivity index (χ2n) is 4.62. The lowest BCUT2D eigenvalue weighted by molar-refractivity contribution is 0.141. The molecule has 0 aliphatic carbocycles. The average Bonchev–Trinajstić information content (AvgIpc) is 2.53. The first kappa shape index (κ1) is 15.4. The van der Waals surface area contributed by atoms with E-state index < -0.39 is 6.09 Å². The number of hydrogen-bond donors (Lipinski definition) is 2. The number of alkyl carbamates (subject to hydrolysis) is 1. The molecule has 0 aliphatic rings. The fourth-order valence-electron chi connectivity index (χ4n) is 1.69. The Labute approximate surface area is 129 Å². The number of aromatic nitrogens is 1. The first-order valence-electron chi connectivity index (χ1n) is 6.81. The highest BCUT2D eigenvalue weighted by Crippen LogP contribution is 2.05. The van der Waals surface area contributed by atoms with Crippen LogP contribution in [0.5, 0.6) is 0 Å². The molecule has 0 atom stereocenters. The van der Waals surface area contributed by atoms with Gasteiger partial charge in [-0.2, -0.15) is 0 Å². The molecule has 1 heterocycles. The number of aryl methyl sites for hydroxylation is 1. The number of carbonyl (C=O) groups is 1. The molecule has 0 spiro atoms. The minimum absolute atomic E-state index is 0.184. The van der Waals surface area contributed by atoms with Gasteiger partial charge in [0, 0.05) is 0 Å². The predicted molar refractivity (Wildman–Crippen MR) is 84.9 cm³/mol. The third kappa shape index (κ3) is 4.84. The van der Waals surface area contributed by atoms with Crippen LogP contribution in [0.2, 0.25) is 0 Å². The molecular weight excluding hydrogens is 278 g/mol. The van der Waals surface area contributed by atoms with Gasteiger partial charge in [0.05, 0.1) is 6.54 Å². The Bertz CT molecular complexity index is 703. The number of nitrogens with two attached hydrogens (primary N) is 1. The number of ether oxygens (including phenoxy) is 1. The van der Waals surface area contributed by atoms with Crippen molar-refractivity contribution in [2.75, 3.05) is 12.3 Å². The van der Waals surface area contributed by atoms with Crippen LogP contribution < -0.4 is 11.1 Å². The molecule has 1 aromatic heterocycles. The third-order valence-electron chi connectivity index (χ3n) is 2.86. The van der Waals surface area contributed by atoms with Crippen molar-refractivity contribution < 1.29 is 9.53 Å². The molecule has 112 valence electrons. The van der Waals surface area contributed by atoms with E-state index in [1.54, 1.807) is 6.07 Å². The molecule has 1 aromatic carbocycles. The zero-order chi connectivity index (χ0) is 15.8. The molecule has 0 fully saturated rings. The molecule has 0 unspecified atom stereocenters. The van der Waals surface area contributed by atoms with E-state index in [2.05, 4.69) is 22.1 Å². The number of hydrogen-bond acceptors (Lipinski definition) is 4. The van der Waals surface area contributed by atoms with E-state index in [1.165, 1.54) is 0 Å². The second kappa shape index (κ2) is 7.70. The van der Waals surface area contributed by atoms with Gasteiger partial charge in [0.25, 0.3) is 0 Å². The summed E-state index contributed by atoms with van der Waals surface area (Å²) in [6.45, 7) is 2.32. The lowest BCUT2D eigenvalue weighted by Crippen LogP contribution is -2.24. The molecule has 0 saturated carbocycles. The quantitative estimate of drug-likeness (QED) is 0.851. The number of anilines is 1. The van der Waals surface area contributed by atoms with Crippen molar-refractivity contribution >= 4 is 11.9 Å². The molecule has 3 N–H and O–H groups in total. The zero-order valence-electron chi connectivity index (χ0n) is 12.3. The lowest BCUT2D eigenvalue weighted by Gasteiger charge is -2.04. The van der Waals surface area contributed by atoms with Crippen LogP contribution >= 0.6 is 0 Å². The number of pyridine rings is 1. The molecule has 0 aliphatic heterocycles.